The van der Waals surface area contributed by atoms with E-state index in [1.165, 1.54) is 25.9 Å². The molecule has 0 saturated carbocycles. The van der Waals surface area contributed by atoms with Crippen LogP contribution in [-0.4, -0.2) is 81.0 Å². The van der Waals surface area contributed by atoms with Gasteiger partial charge in [0.25, 0.3) is 0 Å². The Morgan fingerprint density at radius 1 is 1.26 bits per heavy atom. The minimum atomic E-state index is -3.11. The molecule has 0 aliphatic carbocycles. The van der Waals surface area contributed by atoms with E-state index in [9.17, 15) is 8.42 Å². The number of ether oxygens (including phenoxy) is 2. The largest absolute Gasteiger partial charge is 0.374 e. The van der Waals surface area contributed by atoms with E-state index >= 15 is 0 Å². The van der Waals surface area contributed by atoms with Crippen LogP contribution in [0.2, 0.25) is 0 Å². The maximum atomic E-state index is 12.2. The van der Waals surface area contributed by atoms with Gasteiger partial charge in [0.2, 0.25) is 10.0 Å². The van der Waals surface area contributed by atoms with Crippen LogP contribution in [0.5, 0.6) is 0 Å². The third kappa shape index (κ3) is 4.25. The first-order valence-corrected chi connectivity index (χ1v) is 10.6. The highest BCUT2D eigenvalue weighted by atomic mass is 32.2. The Morgan fingerprint density at radius 2 is 2.04 bits per heavy atom. The molecule has 3 heterocycles. The highest BCUT2D eigenvalue weighted by Crippen LogP contribution is 2.37. The van der Waals surface area contributed by atoms with Crippen LogP contribution in [0.1, 0.15) is 39.0 Å². The van der Waals surface area contributed by atoms with Crippen LogP contribution >= 0.6 is 0 Å². The van der Waals surface area contributed by atoms with Crippen molar-refractivity contribution in [3.8, 4) is 0 Å². The predicted octanol–water partition coefficient (Wildman–Crippen LogP) is 1.07. The molecule has 0 bridgehead atoms. The van der Waals surface area contributed by atoms with Crippen molar-refractivity contribution in [1.82, 2.24) is 9.21 Å². The molecule has 23 heavy (non-hydrogen) atoms. The highest BCUT2D eigenvalue weighted by Gasteiger charge is 2.48. The number of hydrogen-bond donors (Lipinski definition) is 0. The normalized spacial score (nSPS) is 33.2. The topological polar surface area (TPSA) is 59.1 Å². The van der Waals surface area contributed by atoms with Crippen molar-refractivity contribution >= 4 is 10.0 Å². The minimum Gasteiger partial charge on any atom is -0.374 e. The second-order valence-corrected chi connectivity index (χ2v) is 9.23. The number of likely N-dealkylation sites (tertiary alicyclic amines) is 1. The summed E-state index contributed by atoms with van der Waals surface area (Å²) in [7, 11) is -3.11. The Balaban J connectivity index is 1.44. The molecule has 0 aromatic rings. The molecule has 3 fully saturated rings. The van der Waals surface area contributed by atoms with Crippen molar-refractivity contribution in [1.29, 1.82) is 0 Å². The van der Waals surface area contributed by atoms with Gasteiger partial charge < -0.3 is 14.4 Å². The predicted molar refractivity (Wildman–Crippen MR) is 89.0 cm³/mol. The Bertz CT molecular complexity index is 492. The fraction of sp³-hybridized carbons (Fsp3) is 1.00. The van der Waals surface area contributed by atoms with Crippen LogP contribution in [0.15, 0.2) is 0 Å². The zero-order valence-corrected chi connectivity index (χ0v) is 15.0. The minimum absolute atomic E-state index is 0.117. The number of nitrogens with zero attached hydrogens (tertiary/aromatic N) is 2. The maximum absolute atomic E-state index is 12.2. The second-order valence-electron chi connectivity index (χ2n) is 7.14. The van der Waals surface area contributed by atoms with E-state index in [4.69, 9.17) is 9.47 Å². The lowest BCUT2D eigenvalue weighted by Crippen LogP contribution is -2.37. The van der Waals surface area contributed by atoms with Gasteiger partial charge in [0, 0.05) is 26.1 Å². The van der Waals surface area contributed by atoms with Gasteiger partial charge in [-0.1, -0.05) is 6.92 Å². The first kappa shape index (κ1) is 17.6. The molecular weight excluding hydrogens is 316 g/mol. The second kappa shape index (κ2) is 7.35. The summed E-state index contributed by atoms with van der Waals surface area (Å²) < 4.78 is 38.0. The molecule has 1 spiro atoms. The fourth-order valence-electron chi connectivity index (χ4n) is 3.98. The Kier molecular flexibility index (Phi) is 5.63. The number of rotatable bonds is 7. The first-order valence-electron chi connectivity index (χ1n) is 8.99. The van der Waals surface area contributed by atoms with Gasteiger partial charge in [0.1, 0.15) is 0 Å². The Labute approximate surface area is 140 Å². The molecule has 0 N–H and O–H groups in total. The van der Waals surface area contributed by atoms with E-state index in [-0.39, 0.29) is 17.5 Å². The smallest absolute Gasteiger partial charge is 0.214 e. The summed E-state index contributed by atoms with van der Waals surface area (Å²) in [6.45, 7) is 7.73. The van der Waals surface area contributed by atoms with Gasteiger partial charge in [-0.3, -0.25) is 0 Å². The van der Waals surface area contributed by atoms with Gasteiger partial charge in [-0.05, 0) is 38.8 Å². The van der Waals surface area contributed by atoms with Gasteiger partial charge >= 0.3 is 0 Å². The molecule has 0 radical (unpaired) electrons. The molecule has 3 saturated heterocycles. The summed E-state index contributed by atoms with van der Waals surface area (Å²) in [5.41, 5.74) is -0.306. The van der Waals surface area contributed by atoms with Crippen molar-refractivity contribution in [2.24, 2.45) is 0 Å². The van der Waals surface area contributed by atoms with Crippen molar-refractivity contribution in [3.05, 3.63) is 0 Å². The summed E-state index contributed by atoms with van der Waals surface area (Å²) in [6, 6.07) is 0. The zero-order valence-electron chi connectivity index (χ0n) is 14.2. The molecule has 3 rings (SSSR count). The molecule has 0 aromatic carbocycles. The monoisotopic (exact) mass is 346 g/mol. The van der Waals surface area contributed by atoms with Crippen LogP contribution in [0.4, 0.5) is 0 Å². The summed E-state index contributed by atoms with van der Waals surface area (Å²) in [4.78, 5) is 2.44. The van der Waals surface area contributed by atoms with Crippen LogP contribution in [0.3, 0.4) is 0 Å². The molecule has 6 nitrogen and oxygen atoms in total. The highest BCUT2D eigenvalue weighted by molar-refractivity contribution is 7.89. The van der Waals surface area contributed by atoms with Crippen molar-refractivity contribution in [2.75, 3.05) is 51.7 Å². The summed E-state index contributed by atoms with van der Waals surface area (Å²) in [5.74, 6) is 0.235. The molecule has 0 unspecified atom stereocenters. The molecule has 2 atom stereocenters. The lowest BCUT2D eigenvalue weighted by molar-refractivity contribution is 0.00355. The van der Waals surface area contributed by atoms with E-state index < -0.39 is 10.0 Å². The van der Waals surface area contributed by atoms with Gasteiger partial charge in [-0.2, -0.15) is 4.31 Å². The summed E-state index contributed by atoms with van der Waals surface area (Å²) >= 11 is 0. The Hall–Kier alpha value is -0.210. The molecule has 134 valence electrons. The van der Waals surface area contributed by atoms with E-state index in [2.05, 4.69) is 4.90 Å². The molecule has 3 aliphatic heterocycles. The van der Waals surface area contributed by atoms with Crippen LogP contribution in [0.25, 0.3) is 0 Å². The molecular formula is C16H30N2O4S. The van der Waals surface area contributed by atoms with Gasteiger partial charge in [-0.25, -0.2) is 8.42 Å². The molecule has 0 aromatic heterocycles. The quantitative estimate of drug-likeness (QED) is 0.690. The SMILES string of the molecule is CCCS(=O)(=O)N1CC[C@@]2(C[C@H](OCCN3CCCC3)CO2)C1. The molecule has 3 aliphatic rings. The zero-order chi connectivity index (χ0) is 16.3. The van der Waals surface area contributed by atoms with E-state index in [0.29, 0.717) is 26.1 Å². The van der Waals surface area contributed by atoms with Crippen LogP contribution < -0.4 is 0 Å². The van der Waals surface area contributed by atoms with Crippen molar-refractivity contribution < 1.29 is 17.9 Å². The number of hydrogen-bond acceptors (Lipinski definition) is 5. The van der Waals surface area contributed by atoms with Gasteiger partial charge in [-0.15, -0.1) is 0 Å². The van der Waals surface area contributed by atoms with Gasteiger partial charge in [0.05, 0.1) is 30.7 Å². The van der Waals surface area contributed by atoms with Crippen molar-refractivity contribution in [2.45, 2.75) is 50.7 Å². The van der Waals surface area contributed by atoms with E-state index in [1.54, 1.807) is 4.31 Å². The standard InChI is InChI=1S/C16H30N2O4S/c1-2-11-23(19,20)18-8-5-16(14-18)12-15(13-22-16)21-10-9-17-6-3-4-7-17/h15H,2-14H2,1H3/t15-,16+/m0/s1. The maximum Gasteiger partial charge on any atom is 0.214 e. The van der Waals surface area contributed by atoms with Crippen LogP contribution in [0, 0.1) is 0 Å². The fourth-order valence-corrected chi connectivity index (χ4v) is 5.56. The molecule has 7 heteroatoms. The first-order chi connectivity index (χ1) is 11.0. The lowest BCUT2D eigenvalue weighted by Gasteiger charge is -2.23. The number of sulfonamides is 1. The van der Waals surface area contributed by atoms with Crippen LogP contribution in [-0.2, 0) is 19.5 Å². The molecule has 0 amide bonds. The van der Waals surface area contributed by atoms with E-state index in [0.717, 1.165) is 26.0 Å². The summed E-state index contributed by atoms with van der Waals surface area (Å²) in [6.07, 6.45) is 5.00. The average molecular weight is 346 g/mol. The third-order valence-corrected chi connectivity index (χ3v) is 7.29. The third-order valence-electron chi connectivity index (χ3n) is 5.27. The summed E-state index contributed by atoms with van der Waals surface area (Å²) in [5, 5.41) is 0. The van der Waals surface area contributed by atoms with E-state index in [1.807, 2.05) is 6.92 Å². The van der Waals surface area contributed by atoms with Crippen molar-refractivity contribution in [3.63, 3.8) is 0 Å². The average Bonchev–Trinajstić information content (AvgIpc) is 3.23. The Morgan fingerprint density at radius 3 is 2.78 bits per heavy atom. The lowest BCUT2D eigenvalue weighted by atomic mass is 9.98. The van der Waals surface area contributed by atoms with Gasteiger partial charge in [0.15, 0.2) is 0 Å².